The average Bonchev–Trinajstić information content (AvgIpc) is 3.26. The van der Waals surface area contributed by atoms with E-state index in [0.717, 1.165) is 11.3 Å². The van der Waals surface area contributed by atoms with Crippen LogP contribution in [-0.4, -0.2) is 27.3 Å². The third-order valence-corrected chi connectivity index (χ3v) is 4.23. The van der Waals surface area contributed by atoms with Crippen LogP contribution in [0.25, 0.3) is 0 Å². The Hall–Kier alpha value is -3.65. The molecule has 0 amide bonds. The van der Waals surface area contributed by atoms with Crippen molar-refractivity contribution in [1.29, 1.82) is 0 Å². The van der Waals surface area contributed by atoms with E-state index in [1.807, 2.05) is 42.5 Å². The van der Waals surface area contributed by atoms with E-state index in [9.17, 15) is 4.79 Å². The minimum absolute atomic E-state index is 0.0941. The Balaban J connectivity index is 1.68. The fourth-order valence-corrected chi connectivity index (χ4v) is 2.76. The van der Waals surface area contributed by atoms with Crippen molar-refractivity contribution in [2.24, 2.45) is 0 Å². The highest BCUT2D eigenvalue weighted by molar-refractivity contribution is 5.86. The number of anilines is 1. The molecule has 2 N–H and O–H groups in total. The summed E-state index contributed by atoms with van der Waals surface area (Å²) >= 11 is 0. The second-order valence-corrected chi connectivity index (χ2v) is 6.22. The molecule has 0 fully saturated rings. The summed E-state index contributed by atoms with van der Waals surface area (Å²) in [5.74, 6) is 1.52. The van der Waals surface area contributed by atoms with E-state index in [1.165, 1.54) is 13.2 Å². The van der Waals surface area contributed by atoms with Crippen molar-refractivity contribution in [2.45, 2.75) is 13.2 Å². The lowest BCUT2D eigenvalue weighted by molar-refractivity contribution is 0.0560. The van der Waals surface area contributed by atoms with Crippen LogP contribution in [-0.2, 0) is 17.9 Å². The SMILES string of the molecule is COC(=O)c1ccc(COc2c(OC)cc(CNNc3ccccc3)cc2OC)o1. The number of furan rings is 1. The Labute approximate surface area is 174 Å². The fraction of sp³-hybridized carbons (Fsp3) is 0.227. The van der Waals surface area contributed by atoms with Crippen LogP contribution in [0, 0.1) is 0 Å². The number of para-hydroxylation sites is 1. The first-order valence-electron chi connectivity index (χ1n) is 9.23. The molecule has 2 aromatic carbocycles. The maximum Gasteiger partial charge on any atom is 0.373 e. The van der Waals surface area contributed by atoms with E-state index in [1.54, 1.807) is 20.3 Å². The van der Waals surface area contributed by atoms with Crippen molar-refractivity contribution in [3.05, 3.63) is 71.7 Å². The van der Waals surface area contributed by atoms with Gasteiger partial charge in [0.15, 0.2) is 11.5 Å². The summed E-state index contributed by atoms with van der Waals surface area (Å²) in [7, 11) is 4.41. The van der Waals surface area contributed by atoms with Gasteiger partial charge in [-0.3, -0.25) is 0 Å². The zero-order valence-corrected chi connectivity index (χ0v) is 17.1. The Morgan fingerprint density at radius 3 is 2.30 bits per heavy atom. The lowest BCUT2D eigenvalue weighted by atomic mass is 10.2. The van der Waals surface area contributed by atoms with E-state index in [0.29, 0.717) is 29.6 Å². The van der Waals surface area contributed by atoms with Crippen molar-refractivity contribution < 1.29 is 28.2 Å². The number of nitrogens with one attached hydrogen (secondary N) is 2. The molecule has 0 atom stereocenters. The summed E-state index contributed by atoms with van der Waals surface area (Å²) in [6.45, 7) is 0.624. The number of benzene rings is 2. The Kier molecular flexibility index (Phi) is 7.18. The summed E-state index contributed by atoms with van der Waals surface area (Å²) in [5, 5.41) is 0. The molecule has 3 aromatic rings. The number of carbonyl (C=O) groups is 1. The van der Waals surface area contributed by atoms with Crippen LogP contribution in [0.4, 0.5) is 5.69 Å². The summed E-state index contributed by atoms with van der Waals surface area (Å²) in [6, 6.07) is 16.7. The molecule has 1 aromatic heterocycles. The third-order valence-electron chi connectivity index (χ3n) is 4.23. The number of hydrazine groups is 1. The molecular formula is C22H24N2O6. The fourth-order valence-electron chi connectivity index (χ4n) is 2.76. The maximum atomic E-state index is 11.5. The number of methoxy groups -OCH3 is 3. The van der Waals surface area contributed by atoms with Crippen molar-refractivity contribution in [3.63, 3.8) is 0 Å². The molecule has 0 bridgehead atoms. The molecule has 0 aliphatic heterocycles. The number of hydrogen-bond donors (Lipinski definition) is 2. The normalized spacial score (nSPS) is 10.4. The predicted octanol–water partition coefficient (Wildman–Crippen LogP) is 3.78. The molecular weight excluding hydrogens is 388 g/mol. The molecule has 0 aliphatic carbocycles. The van der Waals surface area contributed by atoms with Gasteiger partial charge in [0, 0.05) is 12.2 Å². The first-order chi connectivity index (χ1) is 14.6. The highest BCUT2D eigenvalue weighted by Gasteiger charge is 2.16. The number of rotatable bonds is 10. The first-order valence-corrected chi connectivity index (χ1v) is 9.23. The topological polar surface area (TPSA) is 91.2 Å². The number of esters is 1. The molecule has 0 aliphatic rings. The summed E-state index contributed by atoms with van der Waals surface area (Å²) in [6.07, 6.45) is 0. The largest absolute Gasteiger partial charge is 0.493 e. The predicted molar refractivity (Wildman–Crippen MR) is 111 cm³/mol. The van der Waals surface area contributed by atoms with Gasteiger partial charge in [-0.25, -0.2) is 10.2 Å². The zero-order valence-electron chi connectivity index (χ0n) is 17.1. The Morgan fingerprint density at radius 1 is 0.967 bits per heavy atom. The quantitative estimate of drug-likeness (QED) is 0.384. The highest BCUT2D eigenvalue weighted by Crippen LogP contribution is 2.39. The molecule has 1 heterocycles. The van der Waals surface area contributed by atoms with Crippen LogP contribution in [0.5, 0.6) is 17.2 Å². The average molecular weight is 412 g/mol. The van der Waals surface area contributed by atoms with Crippen molar-refractivity contribution >= 4 is 11.7 Å². The molecule has 8 nitrogen and oxygen atoms in total. The minimum Gasteiger partial charge on any atom is -0.493 e. The molecule has 0 saturated carbocycles. The molecule has 0 unspecified atom stereocenters. The van der Waals surface area contributed by atoms with E-state index in [2.05, 4.69) is 15.6 Å². The lowest BCUT2D eigenvalue weighted by Crippen LogP contribution is -2.20. The van der Waals surface area contributed by atoms with E-state index >= 15 is 0 Å². The first kappa shape index (κ1) is 21.1. The van der Waals surface area contributed by atoms with E-state index < -0.39 is 5.97 Å². The van der Waals surface area contributed by atoms with Crippen molar-refractivity contribution in [2.75, 3.05) is 26.8 Å². The van der Waals surface area contributed by atoms with Gasteiger partial charge in [0.2, 0.25) is 11.5 Å². The van der Waals surface area contributed by atoms with Gasteiger partial charge in [-0.1, -0.05) is 18.2 Å². The smallest absolute Gasteiger partial charge is 0.373 e. The Bertz CT molecular complexity index is 946. The molecule has 8 heteroatoms. The van der Waals surface area contributed by atoms with Gasteiger partial charge in [0.1, 0.15) is 12.4 Å². The molecule has 0 saturated heterocycles. The Morgan fingerprint density at radius 2 is 1.67 bits per heavy atom. The molecule has 30 heavy (non-hydrogen) atoms. The minimum atomic E-state index is -0.544. The van der Waals surface area contributed by atoms with Gasteiger partial charge in [-0.05, 0) is 42.0 Å². The van der Waals surface area contributed by atoms with Crippen LogP contribution in [0.1, 0.15) is 21.9 Å². The van der Waals surface area contributed by atoms with Gasteiger partial charge in [-0.15, -0.1) is 0 Å². The summed E-state index contributed by atoms with van der Waals surface area (Å²) in [4.78, 5) is 11.5. The van der Waals surface area contributed by atoms with Crippen LogP contribution < -0.4 is 25.1 Å². The third kappa shape index (κ3) is 5.24. The number of hydrogen-bond acceptors (Lipinski definition) is 8. The summed E-state index contributed by atoms with van der Waals surface area (Å²) in [5.41, 5.74) is 8.18. The zero-order chi connectivity index (χ0) is 21.3. The second kappa shape index (κ2) is 10.2. The maximum absolute atomic E-state index is 11.5. The number of carbonyl (C=O) groups excluding carboxylic acids is 1. The molecule has 3 rings (SSSR count). The van der Waals surface area contributed by atoms with Crippen LogP contribution in [0.15, 0.2) is 59.0 Å². The van der Waals surface area contributed by atoms with E-state index in [4.69, 9.17) is 18.6 Å². The summed E-state index contributed by atoms with van der Waals surface area (Å²) < 4.78 is 26.9. The van der Waals surface area contributed by atoms with Crippen LogP contribution >= 0.6 is 0 Å². The lowest BCUT2D eigenvalue weighted by Gasteiger charge is -2.16. The second-order valence-electron chi connectivity index (χ2n) is 6.22. The standard InChI is InChI=1S/C22H24N2O6/c1-26-19-11-15(13-23-24-16-7-5-4-6-8-16)12-20(27-2)21(19)29-14-17-9-10-18(30-17)22(25)28-3/h4-12,23-24H,13-14H2,1-3H3. The van der Waals surface area contributed by atoms with Crippen molar-refractivity contribution in [3.8, 4) is 17.2 Å². The molecule has 158 valence electrons. The van der Waals surface area contributed by atoms with Gasteiger partial charge < -0.3 is 28.8 Å². The van der Waals surface area contributed by atoms with Crippen LogP contribution in [0.2, 0.25) is 0 Å². The molecule has 0 spiro atoms. The molecule has 0 radical (unpaired) electrons. The number of ether oxygens (including phenoxy) is 4. The van der Waals surface area contributed by atoms with Gasteiger partial charge in [-0.2, -0.15) is 0 Å². The van der Waals surface area contributed by atoms with Gasteiger partial charge in [0.05, 0.1) is 21.3 Å². The highest BCUT2D eigenvalue weighted by atomic mass is 16.5. The monoisotopic (exact) mass is 412 g/mol. The van der Waals surface area contributed by atoms with Gasteiger partial charge >= 0.3 is 5.97 Å². The van der Waals surface area contributed by atoms with Crippen molar-refractivity contribution in [1.82, 2.24) is 5.43 Å². The van der Waals surface area contributed by atoms with Crippen LogP contribution in [0.3, 0.4) is 0 Å². The van der Waals surface area contributed by atoms with E-state index in [-0.39, 0.29) is 12.4 Å². The van der Waals surface area contributed by atoms with Gasteiger partial charge in [0.25, 0.3) is 0 Å².